The summed E-state index contributed by atoms with van der Waals surface area (Å²) in [4.78, 5) is 21.2. The van der Waals surface area contributed by atoms with Crippen molar-refractivity contribution in [1.29, 1.82) is 0 Å². The molecular weight excluding hydrogens is 544 g/mol. The first kappa shape index (κ1) is 25.3. The molecule has 1 fully saturated rings. The van der Waals surface area contributed by atoms with E-state index in [-0.39, 0.29) is 24.6 Å². The number of aryl methyl sites for hydroxylation is 1. The van der Waals surface area contributed by atoms with Crippen LogP contribution in [-0.2, 0) is 17.9 Å². The Bertz CT molecular complexity index is 1430. The molecule has 0 aliphatic heterocycles. The molecule has 37 heavy (non-hydrogen) atoms. The van der Waals surface area contributed by atoms with Gasteiger partial charge in [0.15, 0.2) is 0 Å². The number of benzene rings is 2. The molecule has 0 saturated heterocycles. The van der Waals surface area contributed by atoms with Gasteiger partial charge in [0.2, 0.25) is 0 Å². The van der Waals surface area contributed by atoms with Gasteiger partial charge in [-0.1, -0.05) is 34.8 Å². The maximum Gasteiger partial charge on any atom is 0.307 e. The van der Waals surface area contributed by atoms with Gasteiger partial charge in [0, 0.05) is 28.2 Å². The summed E-state index contributed by atoms with van der Waals surface area (Å²) in [5.41, 5.74) is 2.95. The lowest BCUT2D eigenvalue weighted by molar-refractivity contribution is -0.143. The van der Waals surface area contributed by atoms with Crippen molar-refractivity contribution in [3.63, 3.8) is 0 Å². The number of ether oxygens (including phenoxy) is 1. The fourth-order valence-electron chi connectivity index (χ4n) is 5.02. The number of hydrogen-bond acceptors (Lipinski definition) is 4. The van der Waals surface area contributed by atoms with Gasteiger partial charge in [0.1, 0.15) is 29.8 Å². The topological polar surface area (TPSA) is 77.2 Å². The zero-order valence-electron chi connectivity index (χ0n) is 20.3. The van der Waals surface area contributed by atoms with Crippen LogP contribution in [0.2, 0.25) is 0 Å². The summed E-state index contributed by atoms with van der Waals surface area (Å²) in [7, 11) is 0. The Kier molecular flexibility index (Phi) is 7.24. The molecule has 2 aromatic heterocycles. The van der Waals surface area contributed by atoms with Crippen molar-refractivity contribution < 1.29 is 23.4 Å². The van der Waals surface area contributed by atoms with E-state index < -0.39 is 23.5 Å². The summed E-state index contributed by atoms with van der Waals surface area (Å²) >= 11 is 3.13. The van der Waals surface area contributed by atoms with Crippen LogP contribution in [0.15, 0.2) is 53.1 Å². The molecule has 0 unspecified atom stereocenters. The minimum absolute atomic E-state index is 0.110. The highest BCUT2D eigenvalue weighted by Gasteiger charge is 2.35. The zero-order chi connectivity index (χ0) is 26.1. The predicted molar refractivity (Wildman–Crippen MR) is 139 cm³/mol. The van der Waals surface area contributed by atoms with Gasteiger partial charge in [-0.3, -0.25) is 9.78 Å². The average molecular weight is 570 g/mol. The molecule has 6 nitrogen and oxygen atoms in total. The van der Waals surface area contributed by atoms with E-state index in [4.69, 9.17) is 9.72 Å². The summed E-state index contributed by atoms with van der Waals surface area (Å²) in [5, 5.41) is 9.90. The quantitative estimate of drug-likeness (QED) is 0.266. The lowest BCUT2D eigenvalue weighted by Crippen LogP contribution is -2.28. The van der Waals surface area contributed by atoms with Gasteiger partial charge in [0.25, 0.3) is 0 Å². The summed E-state index contributed by atoms with van der Waals surface area (Å²) in [6, 6.07) is 11.7. The van der Waals surface area contributed by atoms with Crippen LogP contribution in [0.4, 0.5) is 8.78 Å². The monoisotopic (exact) mass is 569 g/mol. The highest BCUT2D eigenvalue weighted by Crippen LogP contribution is 2.40. The highest BCUT2D eigenvalue weighted by molar-refractivity contribution is 9.10. The summed E-state index contributed by atoms with van der Waals surface area (Å²) in [6.07, 6.45) is 4.66. The van der Waals surface area contributed by atoms with Gasteiger partial charge in [-0.2, -0.15) is 0 Å². The smallest absolute Gasteiger partial charge is 0.307 e. The van der Waals surface area contributed by atoms with Crippen molar-refractivity contribution in [3.05, 3.63) is 87.4 Å². The molecular formula is C28H26BrF2N3O3. The Morgan fingerprint density at radius 3 is 2.59 bits per heavy atom. The van der Waals surface area contributed by atoms with E-state index in [0.29, 0.717) is 39.9 Å². The molecule has 0 spiro atoms. The van der Waals surface area contributed by atoms with Crippen molar-refractivity contribution in [3.8, 4) is 5.75 Å². The first-order valence-electron chi connectivity index (χ1n) is 12.2. The maximum atomic E-state index is 14.9. The van der Waals surface area contributed by atoms with E-state index in [9.17, 15) is 18.7 Å². The first-order valence-corrected chi connectivity index (χ1v) is 13.0. The first-order chi connectivity index (χ1) is 17.8. The number of carboxylic acid groups (broad SMARTS) is 1. The van der Waals surface area contributed by atoms with Crippen LogP contribution in [0.1, 0.15) is 54.2 Å². The molecule has 0 bridgehead atoms. The largest absolute Gasteiger partial charge is 0.487 e. The van der Waals surface area contributed by atoms with Crippen molar-refractivity contribution >= 4 is 32.9 Å². The third kappa shape index (κ3) is 5.37. The third-order valence-electron chi connectivity index (χ3n) is 6.95. The van der Waals surface area contributed by atoms with Gasteiger partial charge >= 0.3 is 5.97 Å². The number of halogens is 3. The average Bonchev–Trinajstić information content (AvgIpc) is 3.23. The van der Waals surface area contributed by atoms with Gasteiger partial charge in [-0.05, 0) is 55.7 Å². The molecule has 1 aliphatic rings. The number of hydrogen-bond donors (Lipinski definition) is 1. The van der Waals surface area contributed by atoms with E-state index >= 15 is 0 Å². The lowest BCUT2D eigenvalue weighted by atomic mass is 9.78. The SMILES string of the molecule is Cc1ccc(COc2ccc3nc([C@@H]4CCCC[C@H]4C(=O)O)n(Cc4c(F)cc(Br)cc4F)c3c2)nc1. The number of fused-ring (bicyclic) bond motifs is 1. The van der Waals surface area contributed by atoms with E-state index in [1.54, 1.807) is 29.0 Å². The number of aromatic nitrogens is 3. The Morgan fingerprint density at radius 1 is 1.14 bits per heavy atom. The van der Waals surface area contributed by atoms with Crippen LogP contribution in [0.3, 0.4) is 0 Å². The minimum atomic E-state index is -0.876. The van der Waals surface area contributed by atoms with Crippen molar-refractivity contribution in [2.75, 3.05) is 0 Å². The maximum absolute atomic E-state index is 14.9. The molecule has 192 valence electrons. The van der Waals surface area contributed by atoms with Crippen LogP contribution < -0.4 is 4.74 Å². The molecule has 1 saturated carbocycles. The molecule has 2 aromatic carbocycles. The van der Waals surface area contributed by atoms with Crippen LogP contribution >= 0.6 is 15.9 Å². The van der Waals surface area contributed by atoms with Crippen LogP contribution in [0.5, 0.6) is 5.75 Å². The van der Waals surface area contributed by atoms with E-state index in [1.807, 2.05) is 19.1 Å². The van der Waals surface area contributed by atoms with Crippen molar-refractivity contribution in [2.24, 2.45) is 5.92 Å². The second-order valence-electron chi connectivity index (χ2n) is 9.51. The Labute approximate surface area is 221 Å². The van der Waals surface area contributed by atoms with E-state index in [1.165, 1.54) is 12.1 Å². The second-order valence-corrected chi connectivity index (χ2v) is 10.4. The van der Waals surface area contributed by atoms with Crippen LogP contribution in [0.25, 0.3) is 11.0 Å². The Balaban J connectivity index is 1.57. The number of carboxylic acids is 1. The predicted octanol–water partition coefficient (Wildman–Crippen LogP) is 6.77. The Morgan fingerprint density at radius 2 is 1.89 bits per heavy atom. The van der Waals surface area contributed by atoms with Gasteiger partial charge < -0.3 is 14.4 Å². The molecule has 0 radical (unpaired) electrons. The highest BCUT2D eigenvalue weighted by atomic mass is 79.9. The second kappa shape index (κ2) is 10.6. The summed E-state index contributed by atoms with van der Waals surface area (Å²) in [6.45, 7) is 2.09. The number of rotatable bonds is 7. The van der Waals surface area contributed by atoms with Crippen molar-refractivity contribution in [2.45, 2.75) is 51.7 Å². The molecule has 1 N–H and O–H groups in total. The van der Waals surface area contributed by atoms with E-state index in [0.717, 1.165) is 24.1 Å². The summed E-state index contributed by atoms with van der Waals surface area (Å²) in [5.74, 6) is -2.13. The van der Waals surface area contributed by atoms with Gasteiger partial charge in [-0.25, -0.2) is 13.8 Å². The zero-order valence-corrected chi connectivity index (χ0v) is 21.8. The lowest BCUT2D eigenvalue weighted by Gasteiger charge is -2.28. The normalized spacial score (nSPS) is 17.7. The number of imidazole rings is 1. The van der Waals surface area contributed by atoms with Crippen LogP contribution in [-0.4, -0.2) is 25.6 Å². The molecule has 2 atom stereocenters. The van der Waals surface area contributed by atoms with Gasteiger partial charge in [-0.15, -0.1) is 0 Å². The number of carbonyl (C=O) groups is 1. The summed E-state index contributed by atoms with van der Waals surface area (Å²) < 4.78 is 37.8. The molecule has 0 amide bonds. The molecule has 1 aliphatic carbocycles. The van der Waals surface area contributed by atoms with Crippen LogP contribution in [0, 0.1) is 24.5 Å². The number of pyridine rings is 1. The third-order valence-corrected chi connectivity index (χ3v) is 7.40. The fraction of sp³-hybridized carbons (Fsp3) is 0.321. The molecule has 5 rings (SSSR count). The number of aliphatic carboxylic acids is 1. The van der Waals surface area contributed by atoms with Gasteiger partial charge in [0.05, 0.1) is 29.2 Å². The standard InChI is InChI=1S/C28H26BrF2N3O3/c1-16-6-7-18(32-13-16)15-37-19-8-9-25-26(12-19)34(14-22-23(30)10-17(29)11-24(22)31)27(33-25)20-4-2-3-5-21(20)28(35)36/h6-13,20-21H,2-5,14-15H2,1H3,(H,35,36)/t20-,21-/m1/s1. The molecule has 2 heterocycles. The molecule has 9 heteroatoms. The molecule has 4 aromatic rings. The van der Waals surface area contributed by atoms with Crippen molar-refractivity contribution in [1.82, 2.24) is 14.5 Å². The fourth-order valence-corrected chi connectivity index (χ4v) is 5.42. The van der Waals surface area contributed by atoms with E-state index in [2.05, 4.69) is 20.9 Å². The minimum Gasteiger partial charge on any atom is -0.487 e. The Hall–Kier alpha value is -3.33. The number of nitrogens with zero attached hydrogens (tertiary/aromatic N) is 3.